The van der Waals surface area contributed by atoms with E-state index in [-0.39, 0.29) is 24.2 Å². The lowest BCUT2D eigenvalue weighted by atomic mass is 10.2. The summed E-state index contributed by atoms with van der Waals surface area (Å²) in [6, 6.07) is 0. The fourth-order valence-corrected chi connectivity index (χ4v) is 2.44. The van der Waals surface area contributed by atoms with E-state index in [0.717, 1.165) is 52.1 Å². The van der Waals surface area contributed by atoms with Crippen LogP contribution >= 0.6 is 12.4 Å². The maximum absolute atomic E-state index is 12.1. The number of carbonyl (C=O) groups is 2. The molecule has 0 saturated carbocycles. The smallest absolute Gasteiger partial charge is 0.234 e. The molecular weight excluding hydrogens is 304 g/mol. The largest absolute Gasteiger partial charge is 0.355 e. The molecular formula is C15H31ClN4O2. The predicted molar refractivity (Wildman–Crippen MR) is 91.3 cm³/mol. The van der Waals surface area contributed by atoms with Crippen LogP contribution in [0.3, 0.4) is 0 Å². The molecule has 7 heteroatoms. The zero-order valence-corrected chi connectivity index (χ0v) is 14.7. The normalized spacial score (nSPS) is 14.6. The molecule has 1 fully saturated rings. The minimum atomic E-state index is 0. The van der Waals surface area contributed by atoms with E-state index in [1.54, 1.807) is 0 Å². The van der Waals surface area contributed by atoms with Gasteiger partial charge in [-0.1, -0.05) is 13.8 Å². The number of nitrogens with zero attached hydrogens (tertiary/aromatic N) is 2. The van der Waals surface area contributed by atoms with E-state index in [1.165, 1.54) is 0 Å². The Balaban J connectivity index is 0.00000441. The van der Waals surface area contributed by atoms with Gasteiger partial charge in [0.1, 0.15) is 0 Å². The molecule has 0 atom stereocenters. The van der Waals surface area contributed by atoms with Crippen molar-refractivity contribution in [1.29, 1.82) is 0 Å². The molecule has 130 valence electrons. The Kier molecular flexibility index (Phi) is 12.2. The van der Waals surface area contributed by atoms with Crippen molar-refractivity contribution < 1.29 is 9.59 Å². The number of hydrogen-bond acceptors (Lipinski definition) is 4. The fraction of sp³-hybridized carbons (Fsp3) is 0.867. The standard InChI is InChI=1S/C15H30N4O2.ClH/c1-3-6-17-14(20)13-18(9-4-2)10-5-15(21)19-11-7-16-8-12-19;/h16H,3-13H2,1-2H3,(H,17,20);1H. The van der Waals surface area contributed by atoms with Crippen LogP contribution in [0.25, 0.3) is 0 Å². The van der Waals surface area contributed by atoms with Gasteiger partial charge < -0.3 is 15.5 Å². The minimum Gasteiger partial charge on any atom is -0.355 e. The third kappa shape index (κ3) is 8.56. The van der Waals surface area contributed by atoms with Crippen LogP contribution < -0.4 is 10.6 Å². The molecule has 0 spiro atoms. The molecule has 0 aromatic carbocycles. The van der Waals surface area contributed by atoms with Crippen molar-refractivity contribution in [2.24, 2.45) is 0 Å². The predicted octanol–water partition coefficient (Wildman–Crippen LogP) is 0.468. The summed E-state index contributed by atoms with van der Waals surface area (Å²) >= 11 is 0. The molecule has 1 heterocycles. The number of amides is 2. The second-order valence-corrected chi connectivity index (χ2v) is 5.51. The maximum atomic E-state index is 12.1. The summed E-state index contributed by atoms with van der Waals surface area (Å²) in [5.41, 5.74) is 0. The molecule has 2 N–H and O–H groups in total. The number of carbonyl (C=O) groups excluding carboxylic acids is 2. The summed E-state index contributed by atoms with van der Waals surface area (Å²) in [6.07, 6.45) is 2.44. The van der Waals surface area contributed by atoms with Crippen LogP contribution in [0, 0.1) is 0 Å². The number of rotatable bonds is 9. The van der Waals surface area contributed by atoms with Crippen molar-refractivity contribution >= 4 is 24.2 Å². The first-order valence-corrected chi connectivity index (χ1v) is 8.14. The van der Waals surface area contributed by atoms with Crippen molar-refractivity contribution in [3.63, 3.8) is 0 Å². The van der Waals surface area contributed by atoms with Gasteiger partial charge >= 0.3 is 0 Å². The first-order chi connectivity index (χ1) is 10.2. The van der Waals surface area contributed by atoms with E-state index in [2.05, 4.69) is 22.5 Å². The molecule has 1 rings (SSSR count). The van der Waals surface area contributed by atoms with Crippen LogP contribution in [-0.2, 0) is 9.59 Å². The Hall–Kier alpha value is -0.850. The number of piperazine rings is 1. The average molecular weight is 335 g/mol. The Morgan fingerprint density at radius 1 is 1.14 bits per heavy atom. The highest BCUT2D eigenvalue weighted by atomic mass is 35.5. The first kappa shape index (κ1) is 21.1. The number of nitrogens with one attached hydrogen (secondary N) is 2. The van der Waals surface area contributed by atoms with Gasteiger partial charge in [0.25, 0.3) is 0 Å². The SMILES string of the molecule is CCCNC(=O)CN(CCC)CCC(=O)N1CCNCC1.Cl. The van der Waals surface area contributed by atoms with E-state index in [9.17, 15) is 9.59 Å². The van der Waals surface area contributed by atoms with Gasteiger partial charge in [-0.3, -0.25) is 14.5 Å². The van der Waals surface area contributed by atoms with Crippen LogP contribution in [0.2, 0.25) is 0 Å². The Morgan fingerprint density at radius 3 is 2.41 bits per heavy atom. The molecule has 0 aliphatic carbocycles. The molecule has 1 aliphatic rings. The summed E-state index contributed by atoms with van der Waals surface area (Å²) in [7, 11) is 0. The minimum absolute atomic E-state index is 0. The van der Waals surface area contributed by atoms with Gasteiger partial charge in [0, 0.05) is 45.7 Å². The monoisotopic (exact) mass is 334 g/mol. The van der Waals surface area contributed by atoms with Crippen molar-refractivity contribution in [3.8, 4) is 0 Å². The van der Waals surface area contributed by atoms with Crippen molar-refractivity contribution in [1.82, 2.24) is 20.4 Å². The van der Waals surface area contributed by atoms with Gasteiger partial charge in [-0.25, -0.2) is 0 Å². The second-order valence-electron chi connectivity index (χ2n) is 5.51. The van der Waals surface area contributed by atoms with E-state index in [0.29, 0.717) is 19.5 Å². The fourth-order valence-electron chi connectivity index (χ4n) is 2.44. The first-order valence-electron chi connectivity index (χ1n) is 8.14. The summed E-state index contributed by atoms with van der Waals surface area (Å²) in [5, 5.41) is 6.13. The Morgan fingerprint density at radius 2 is 1.82 bits per heavy atom. The van der Waals surface area contributed by atoms with Crippen molar-refractivity contribution in [2.75, 3.05) is 52.4 Å². The van der Waals surface area contributed by atoms with E-state index < -0.39 is 0 Å². The molecule has 0 aromatic rings. The van der Waals surface area contributed by atoms with Crippen LogP contribution in [0.4, 0.5) is 0 Å². The van der Waals surface area contributed by atoms with Crippen LogP contribution in [0.15, 0.2) is 0 Å². The van der Waals surface area contributed by atoms with E-state index >= 15 is 0 Å². The highest BCUT2D eigenvalue weighted by Crippen LogP contribution is 2.00. The highest BCUT2D eigenvalue weighted by Gasteiger charge is 2.17. The molecule has 6 nitrogen and oxygen atoms in total. The topological polar surface area (TPSA) is 64.7 Å². The van der Waals surface area contributed by atoms with Gasteiger partial charge in [-0.05, 0) is 19.4 Å². The number of halogens is 1. The molecule has 0 radical (unpaired) electrons. The maximum Gasteiger partial charge on any atom is 0.234 e. The average Bonchev–Trinajstić information content (AvgIpc) is 2.51. The van der Waals surface area contributed by atoms with Gasteiger partial charge in [-0.2, -0.15) is 0 Å². The highest BCUT2D eigenvalue weighted by molar-refractivity contribution is 5.85. The quantitative estimate of drug-likeness (QED) is 0.643. The van der Waals surface area contributed by atoms with Gasteiger partial charge in [0.05, 0.1) is 6.54 Å². The lowest BCUT2D eigenvalue weighted by Crippen LogP contribution is -2.47. The Bertz CT molecular complexity index is 323. The van der Waals surface area contributed by atoms with Crippen molar-refractivity contribution in [3.05, 3.63) is 0 Å². The van der Waals surface area contributed by atoms with Crippen LogP contribution in [-0.4, -0.2) is 74.0 Å². The molecule has 0 unspecified atom stereocenters. The van der Waals surface area contributed by atoms with Crippen LogP contribution in [0.1, 0.15) is 33.1 Å². The summed E-state index contributed by atoms with van der Waals surface area (Å²) < 4.78 is 0. The molecule has 0 bridgehead atoms. The zero-order valence-electron chi connectivity index (χ0n) is 13.9. The van der Waals surface area contributed by atoms with E-state index in [4.69, 9.17) is 0 Å². The third-order valence-electron chi connectivity index (χ3n) is 3.59. The van der Waals surface area contributed by atoms with E-state index in [1.807, 2.05) is 11.8 Å². The molecule has 0 aromatic heterocycles. The molecule has 1 saturated heterocycles. The van der Waals surface area contributed by atoms with Gasteiger partial charge in [0.2, 0.25) is 11.8 Å². The lowest BCUT2D eigenvalue weighted by Gasteiger charge is -2.28. The summed E-state index contributed by atoms with van der Waals surface area (Å²) in [6.45, 7) is 10.1. The molecule has 1 aliphatic heterocycles. The molecule has 2 amide bonds. The summed E-state index contributed by atoms with van der Waals surface area (Å²) in [4.78, 5) is 27.9. The van der Waals surface area contributed by atoms with Gasteiger partial charge in [-0.15, -0.1) is 12.4 Å². The lowest BCUT2D eigenvalue weighted by molar-refractivity contribution is -0.132. The molecule has 22 heavy (non-hydrogen) atoms. The summed E-state index contributed by atoms with van der Waals surface area (Å²) in [5.74, 6) is 0.256. The van der Waals surface area contributed by atoms with Crippen molar-refractivity contribution in [2.45, 2.75) is 33.1 Å². The number of hydrogen-bond donors (Lipinski definition) is 2. The second kappa shape index (κ2) is 12.7. The Labute approximate surface area is 140 Å². The van der Waals surface area contributed by atoms with Crippen LogP contribution in [0.5, 0.6) is 0 Å². The third-order valence-corrected chi connectivity index (χ3v) is 3.59. The van der Waals surface area contributed by atoms with Gasteiger partial charge in [0.15, 0.2) is 0 Å². The zero-order chi connectivity index (χ0) is 15.5.